The molecule has 6 heteroatoms. The van der Waals surface area contributed by atoms with E-state index in [-0.39, 0.29) is 42.9 Å². The normalized spacial score (nSPS) is 11.8. The van der Waals surface area contributed by atoms with Crippen molar-refractivity contribution in [3.8, 4) is 11.3 Å². The van der Waals surface area contributed by atoms with Crippen LogP contribution in [0.15, 0.2) is 64.9 Å². The van der Waals surface area contributed by atoms with Crippen LogP contribution in [-0.4, -0.2) is 15.9 Å². The first kappa shape index (κ1) is 29.2. The van der Waals surface area contributed by atoms with E-state index in [9.17, 15) is 9.18 Å². The number of halogens is 1. The summed E-state index contributed by atoms with van der Waals surface area (Å²) >= 11 is 0. The summed E-state index contributed by atoms with van der Waals surface area (Å²) in [6.45, 7) is 13.3. The van der Waals surface area contributed by atoms with Gasteiger partial charge >= 0.3 is 0 Å². The summed E-state index contributed by atoms with van der Waals surface area (Å²) in [5, 5.41) is 12.9. The maximum absolute atomic E-state index is 14.5. The number of furan rings is 1. The molecular weight excluding hydrogens is 658 g/mol. The molecule has 0 bridgehead atoms. The van der Waals surface area contributed by atoms with E-state index in [1.807, 2.05) is 38.1 Å². The van der Waals surface area contributed by atoms with E-state index in [2.05, 4.69) is 39.0 Å². The first-order valence-electron chi connectivity index (χ1n) is 12.2. The number of nitrogens with zero attached hydrogens (tertiary/aromatic N) is 1. The smallest absolute Gasteiger partial charge is 0.155 e. The van der Waals surface area contributed by atoms with Crippen LogP contribution in [0.2, 0.25) is 0 Å². The molecule has 199 valence electrons. The van der Waals surface area contributed by atoms with Crippen LogP contribution in [0.1, 0.15) is 51.5 Å². The van der Waals surface area contributed by atoms with Crippen LogP contribution in [0.5, 0.6) is 0 Å². The van der Waals surface area contributed by atoms with Crippen LogP contribution in [-0.2, 0) is 30.3 Å². The first-order valence-corrected chi connectivity index (χ1v) is 12.2. The SMILES string of the molecule is CC(=O)/C=C(/C)O.Cc1cc(F)c2ccc3c(-c4[c-]c5oc(C)cc5c(C(C)(C)C)c4)nccc3c2c1.[Ir]. The second-order valence-corrected chi connectivity index (χ2v) is 10.5. The predicted molar refractivity (Wildman–Crippen MR) is 148 cm³/mol. The van der Waals surface area contributed by atoms with E-state index in [4.69, 9.17) is 14.5 Å². The van der Waals surface area contributed by atoms with Crippen molar-refractivity contribution in [3.05, 3.63) is 89.3 Å². The molecule has 0 spiro atoms. The molecule has 1 radical (unpaired) electrons. The van der Waals surface area contributed by atoms with Gasteiger partial charge in [0.25, 0.3) is 0 Å². The van der Waals surface area contributed by atoms with Crippen molar-refractivity contribution >= 4 is 38.3 Å². The number of hydrogen-bond donors (Lipinski definition) is 1. The third-order valence-electron chi connectivity index (χ3n) is 6.13. The Hall–Kier alpha value is -3.34. The zero-order chi connectivity index (χ0) is 27.1. The van der Waals surface area contributed by atoms with E-state index in [0.29, 0.717) is 5.39 Å². The van der Waals surface area contributed by atoms with E-state index in [1.54, 1.807) is 12.3 Å². The van der Waals surface area contributed by atoms with Crippen molar-refractivity contribution < 1.29 is 38.8 Å². The first-order chi connectivity index (χ1) is 17.3. The monoisotopic (exact) mass is 689 g/mol. The zero-order valence-corrected chi connectivity index (χ0v) is 25.0. The largest absolute Gasteiger partial charge is 0.512 e. The van der Waals surface area contributed by atoms with E-state index < -0.39 is 0 Å². The van der Waals surface area contributed by atoms with Crippen molar-refractivity contribution in [1.82, 2.24) is 4.98 Å². The molecule has 0 saturated carbocycles. The van der Waals surface area contributed by atoms with Crippen LogP contribution >= 0.6 is 0 Å². The average Bonchev–Trinajstić information content (AvgIpc) is 3.16. The van der Waals surface area contributed by atoms with Gasteiger partial charge in [-0.1, -0.05) is 56.5 Å². The van der Waals surface area contributed by atoms with Crippen molar-refractivity contribution in [3.63, 3.8) is 0 Å². The van der Waals surface area contributed by atoms with Gasteiger partial charge in [0.2, 0.25) is 0 Å². The molecule has 3 aromatic carbocycles. The molecule has 5 rings (SSSR count). The number of rotatable bonds is 2. The van der Waals surface area contributed by atoms with Gasteiger partial charge in [-0.25, -0.2) is 4.39 Å². The standard InChI is InChI=1S/C27H23FNO.C5H8O2.Ir/c1-15-10-21-18-8-9-29-26(20(18)7-6-19(21)24(28)11-15)17-13-23(27(3,4)5)22-12-16(2)30-25(22)14-17;1-4(6)3-5(2)7;/h6-13H,1-5H3;3,6H,1-2H3;/q-1;;/b;4-3-;. The van der Waals surface area contributed by atoms with Gasteiger partial charge in [-0.05, 0) is 72.7 Å². The van der Waals surface area contributed by atoms with Crippen molar-refractivity contribution in [1.29, 1.82) is 0 Å². The fraction of sp³-hybridized carbons (Fsp3) is 0.250. The number of benzene rings is 3. The van der Waals surface area contributed by atoms with Gasteiger partial charge in [0.1, 0.15) is 5.82 Å². The Bertz CT molecular complexity index is 1690. The number of aliphatic hydroxyl groups is 1. The van der Waals surface area contributed by atoms with Gasteiger partial charge in [-0.3, -0.25) is 4.79 Å². The molecule has 5 aromatic rings. The molecule has 2 aromatic heterocycles. The number of carbonyl (C=O) groups excluding carboxylic acids is 1. The minimum absolute atomic E-state index is 0. The van der Waals surface area contributed by atoms with Gasteiger partial charge in [0, 0.05) is 37.8 Å². The van der Waals surface area contributed by atoms with Crippen LogP contribution in [0.4, 0.5) is 4.39 Å². The van der Waals surface area contributed by atoms with Gasteiger partial charge in [-0.2, -0.15) is 0 Å². The minimum Gasteiger partial charge on any atom is -0.512 e. The Balaban J connectivity index is 0.000000444. The fourth-order valence-corrected chi connectivity index (χ4v) is 4.63. The number of aromatic nitrogens is 1. The topological polar surface area (TPSA) is 63.3 Å². The van der Waals surface area contributed by atoms with Crippen molar-refractivity contribution in [2.45, 2.75) is 53.9 Å². The summed E-state index contributed by atoms with van der Waals surface area (Å²) in [5.74, 6) is 0.610. The Morgan fingerprint density at radius 2 is 1.66 bits per heavy atom. The Kier molecular flexibility index (Phi) is 8.60. The number of fused-ring (bicyclic) bond motifs is 4. The van der Waals surface area contributed by atoms with Gasteiger partial charge in [-0.15, -0.1) is 17.2 Å². The number of hydrogen-bond acceptors (Lipinski definition) is 4. The molecule has 38 heavy (non-hydrogen) atoms. The van der Waals surface area contributed by atoms with E-state index in [1.165, 1.54) is 25.5 Å². The third-order valence-corrected chi connectivity index (χ3v) is 6.13. The molecular formula is C32H31FIrNO3-. The summed E-state index contributed by atoms with van der Waals surface area (Å²) in [4.78, 5) is 14.7. The summed E-state index contributed by atoms with van der Waals surface area (Å²) in [7, 11) is 0. The molecule has 0 unspecified atom stereocenters. The van der Waals surface area contributed by atoms with Crippen LogP contribution in [0, 0.1) is 25.7 Å². The fourth-order valence-electron chi connectivity index (χ4n) is 4.63. The van der Waals surface area contributed by atoms with Crippen molar-refractivity contribution in [2.24, 2.45) is 0 Å². The summed E-state index contributed by atoms with van der Waals surface area (Å²) < 4.78 is 20.5. The second-order valence-electron chi connectivity index (χ2n) is 10.5. The summed E-state index contributed by atoms with van der Waals surface area (Å²) in [6.07, 6.45) is 2.96. The number of aryl methyl sites for hydroxylation is 2. The van der Waals surface area contributed by atoms with Gasteiger partial charge in [0.15, 0.2) is 5.78 Å². The molecule has 0 aliphatic carbocycles. The number of carbonyl (C=O) groups is 1. The third kappa shape index (κ3) is 6.03. The molecule has 0 atom stereocenters. The minimum atomic E-state index is -0.195. The molecule has 1 N–H and O–H groups in total. The maximum Gasteiger partial charge on any atom is 0.155 e. The number of pyridine rings is 1. The van der Waals surface area contributed by atoms with Crippen LogP contribution in [0.3, 0.4) is 0 Å². The predicted octanol–water partition coefficient (Wildman–Crippen LogP) is 8.69. The molecule has 0 aliphatic rings. The molecule has 4 nitrogen and oxygen atoms in total. The molecule has 0 amide bonds. The quantitative estimate of drug-likeness (QED) is 0.0873. The Morgan fingerprint density at radius 3 is 2.26 bits per heavy atom. The van der Waals surface area contributed by atoms with E-state index >= 15 is 0 Å². The second kappa shape index (κ2) is 11.2. The number of ketones is 1. The Morgan fingerprint density at radius 1 is 0.974 bits per heavy atom. The molecule has 0 fully saturated rings. The maximum atomic E-state index is 14.5. The van der Waals surface area contributed by atoms with Crippen LogP contribution in [0.25, 0.3) is 43.8 Å². The number of aliphatic hydroxyl groups excluding tert-OH is 1. The van der Waals surface area contributed by atoms with Gasteiger partial charge < -0.3 is 14.5 Å². The summed E-state index contributed by atoms with van der Waals surface area (Å²) in [5.41, 5.74) is 4.51. The number of allylic oxidation sites excluding steroid dienone is 2. The summed E-state index contributed by atoms with van der Waals surface area (Å²) in [6, 6.07) is 17.1. The van der Waals surface area contributed by atoms with E-state index in [0.717, 1.165) is 49.7 Å². The molecule has 0 aliphatic heterocycles. The molecule has 2 heterocycles. The van der Waals surface area contributed by atoms with Crippen LogP contribution < -0.4 is 0 Å². The average molecular weight is 689 g/mol. The van der Waals surface area contributed by atoms with Crippen molar-refractivity contribution in [2.75, 3.05) is 0 Å². The Labute approximate surface area is 235 Å². The molecule has 0 saturated heterocycles. The zero-order valence-electron chi connectivity index (χ0n) is 22.6. The van der Waals surface area contributed by atoms with Gasteiger partial charge in [0.05, 0.1) is 17.1 Å².